The van der Waals surface area contributed by atoms with Gasteiger partial charge in [-0.1, -0.05) is 13.2 Å². The molecule has 0 aromatic heterocycles. The molecule has 19 heavy (non-hydrogen) atoms. The fraction of sp³-hybridized carbons (Fsp3) is 0.333. The molecule has 7 nitrogen and oxygen atoms in total. The van der Waals surface area contributed by atoms with Crippen LogP contribution in [0.15, 0.2) is 29.8 Å². The van der Waals surface area contributed by atoms with E-state index in [2.05, 4.69) is 27.7 Å². The Hall–Kier alpha value is -2.71. The van der Waals surface area contributed by atoms with Crippen molar-refractivity contribution in [1.82, 2.24) is 0 Å². The molecule has 0 spiro atoms. The van der Waals surface area contributed by atoms with Gasteiger partial charge in [0.25, 0.3) is 0 Å². The van der Waals surface area contributed by atoms with E-state index in [0.717, 1.165) is 6.08 Å². The monoisotopic (exact) mass is 266 g/mol. The van der Waals surface area contributed by atoms with Crippen LogP contribution in [-0.2, 0) is 19.1 Å². The van der Waals surface area contributed by atoms with Crippen LogP contribution < -0.4 is 0 Å². The van der Waals surface area contributed by atoms with Crippen LogP contribution in [0.1, 0.15) is 6.42 Å². The zero-order chi connectivity index (χ0) is 15.1. The summed E-state index contributed by atoms with van der Waals surface area (Å²) in [7, 11) is 0. The maximum absolute atomic E-state index is 10.2. The van der Waals surface area contributed by atoms with E-state index in [9.17, 15) is 14.4 Å². The van der Waals surface area contributed by atoms with Gasteiger partial charge in [-0.15, -0.1) is 0 Å². The normalized spacial score (nSPS) is 7.74. The molecule has 0 aromatic rings. The summed E-state index contributed by atoms with van der Waals surface area (Å²) in [6, 6.07) is 0. The number of carbonyl (C=O) groups is 2. The van der Waals surface area contributed by atoms with Crippen LogP contribution in [0.2, 0.25) is 0 Å². The maximum atomic E-state index is 10.2. The van der Waals surface area contributed by atoms with Gasteiger partial charge >= 0.3 is 11.9 Å². The van der Waals surface area contributed by atoms with Crippen molar-refractivity contribution in [3.63, 3.8) is 0 Å². The van der Waals surface area contributed by atoms with Gasteiger partial charge in [0.15, 0.2) is 6.61 Å². The van der Waals surface area contributed by atoms with Gasteiger partial charge in [0.2, 0.25) is 12.6 Å². The lowest BCUT2D eigenvalue weighted by Gasteiger charge is -1.92. The van der Waals surface area contributed by atoms with E-state index in [4.69, 9.17) is 11.7 Å². The Balaban J connectivity index is 0. The molecule has 0 unspecified atom stereocenters. The number of nitrogens with zero attached hydrogens (tertiary/aromatic N) is 2. The van der Waals surface area contributed by atoms with Gasteiger partial charge in [-0.05, 0) is 6.42 Å². The first-order valence-corrected chi connectivity index (χ1v) is 5.06. The molecule has 0 aromatic carbocycles. The molecule has 0 aliphatic rings. The fourth-order valence-corrected chi connectivity index (χ4v) is 0.594. The van der Waals surface area contributed by atoms with Gasteiger partial charge in [-0.3, -0.25) is 0 Å². The highest BCUT2D eigenvalue weighted by atomic mass is 16.5. The van der Waals surface area contributed by atoms with Crippen molar-refractivity contribution in [2.24, 2.45) is 4.99 Å². The molecule has 0 atom stereocenters. The predicted molar refractivity (Wildman–Crippen MR) is 67.0 cm³/mol. The number of hydrogen-bond acceptors (Lipinski definition) is 5. The molecule has 0 fully saturated rings. The SMILES string of the molecule is C=C(CCN=C=O)C(=O)O.[C-]#[N+]CCOC(=O)C=C. The van der Waals surface area contributed by atoms with Crippen LogP contribution in [0.25, 0.3) is 4.85 Å². The number of hydrogen-bond donors (Lipinski definition) is 1. The highest BCUT2D eigenvalue weighted by Gasteiger charge is 2.01. The van der Waals surface area contributed by atoms with Gasteiger partial charge in [0.1, 0.15) is 0 Å². The van der Waals surface area contributed by atoms with Gasteiger partial charge in [-0.2, -0.15) is 0 Å². The van der Waals surface area contributed by atoms with Crippen molar-refractivity contribution in [1.29, 1.82) is 0 Å². The van der Waals surface area contributed by atoms with Crippen molar-refractivity contribution in [2.45, 2.75) is 6.42 Å². The number of isocyanates is 1. The van der Waals surface area contributed by atoms with E-state index in [1.807, 2.05) is 0 Å². The van der Waals surface area contributed by atoms with Gasteiger partial charge in [0, 0.05) is 11.6 Å². The van der Waals surface area contributed by atoms with E-state index >= 15 is 0 Å². The summed E-state index contributed by atoms with van der Waals surface area (Å²) in [5, 5.41) is 8.24. The summed E-state index contributed by atoms with van der Waals surface area (Å²) in [5.41, 5.74) is 0.0546. The molecule has 1 N–H and O–H groups in total. The average molecular weight is 266 g/mol. The number of esters is 1. The fourth-order valence-electron chi connectivity index (χ4n) is 0.594. The molecule has 0 aliphatic carbocycles. The minimum absolute atomic E-state index is 0.0546. The molecular weight excluding hydrogens is 252 g/mol. The largest absolute Gasteiger partial charge is 0.478 e. The molecule has 0 aliphatic heterocycles. The minimum Gasteiger partial charge on any atom is -0.478 e. The third-order valence-corrected chi connectivity index (χ3v) is 1.51. The van der Waals surface area contributed by atoms with Crippen molar-refractivity contribution in [2.75, 3.05) is 19.7 Å². The Morgan fingerprint density at radius 2 is 2.16 bits per heavy atom. The summed E-state index contributed by atoms with van der Waals surface area (Å²) < 4.78 is 4.46. The van der Waals surface area contributed by atoms with Crippen LogP contribution in [-0.4, -0.2) is 42.8 Å². The Bertz CT molecular complexity index is 416. The second-order valence-corrected chi connectivity index (χ2v) is 2.89. The molecule has 0 saturated carbocycles. The summed E-state index contributed by atoms with van der Waals surface area (Å²) in [6.45, 7) is 13.3. The van der Waals surface area contributed by atoms with Crippen molar-refractivity contribution in [3.05, 3.63) is 36.2 Å². The van der Waals surface area contributed by atoms with E-state index < -0.39 is 11.9 Å². The first kappa shape index (κ1) is 18.6. The second-order valence-electron chi connectivity index (χ2n) is 2.89. The van der Waals surface area contributed by atoms with E-state index in [-0.39, 0.29) is 31.7 Å². The molecule has 0 amide bonds. The lowest BCUT2D eigenvalue weighted by atomic mass is 10.2. The van der Waals surface area contributed by atoms with Crippen molar-refractivity contribution >= 4 is 18.0 Å². The summed E-state index contributed by atoms with van der Waals surface area (Å²) in [5.74, 6) is -1.53. The number of aliphatic carboxylic acids is 1. The Kier molecular flexibility index (Phi) is 13.1. The van der Waals surface area contributed by atoms with Gasteiger partial charge in [0.05, 0.1) is 6.54 Å². The van der Waals surface area contributed by atoms with Crippen LogP contribution in [0, 0.1) is 6.57 Å². The third kappa shape index (κ3) is 15.3. The molecule has 102 valence electrons. The van der Waals surface area contributed by atoms with Gasteiger partial charge in [-0.25, -0.2) is 25.9 Å². The van der Waals surface area contributed by atoms with Crippen molar-refractivity contribution in [3.8, 4) is 0 Å². The average Bonchev–Trinajstić information content (AvgIpc) is 2.39. The smallest absolute Gasteiger partial charge is 0.331 e. The third-order valence-electron chi connectivity index (χ3n) is 1.51. The van der Waals surface area contributed by atoms with E-state index in [0.29, 0.717) is 0 Å². The number of rotatable bonds is 7. The topological polar surface area (TPSA) is 97.4 Å². The summed E-state index contributed by atoms with van der Waals surface area (Å²) in [4.78, 5) is 35.9. The zero-order valence-corrected chi connectivity index (χ0v) is 10.3. The first-order valence-electron chi connectivity index (χ1n) is 5.06. The molecule has 0 heterocycles. The number of aliphatic imine (C=N–C) groups is 1. The predicted octanol–water partition coefficient (Wildman–Crippen LogP) is 0.988. The molecule has 0 rings (SSSR count). The van der Waals surface area contributed by atoms with Crippen LogP contribution in [0.4, 0.5) is 0 Å². The van der Waals surface area contributed by atoms with E-state index in [1.54, 1.807) is 0 Å². The summed E-state index contributed by atoms with van der Waals surface area (Å²) >= 11 is 0. The number of carboxylic acid groups (broad SMARTS) is 1. The number of carbonyl (C=O) groups excluding carboxylic acids is 2. The van der Waals surface area contributed by atoms with E-state index in [1.165, 1.54) is 6.08 Å². The quantitative estimate of drug-likeness (QED) is 0.185. The zero-order valence-electron chi connectivity index (χ0n) is 10.3. The Morgan fingerprint density at radius 3 is 2.58 bits per heavy atom. The molecule has 7 heteroatoms. The lowest BCUT2D eigenvalue weighted by Crippen LogP contribution is -2.02. The number of carboxylic acids is 1. The Labute approximate surface area is 110 Å². The lowest BCUT2D eigenvalue weighted by molar-refractivity contribution is -0.137. The Morgan fingerprint density at radius 1 is 1.53 bits per heavy atom. The second kappa shape index (κ2) is 13.4. The standard InChI is InChI=1S/C6H7NO3.C6H7NO2/c1-5(6(9)10)2-3-7-4-8;1-3-6(8)9-5-4-7-2/h1-3H2,(H,9,10);3H,1,4-5H2. The first-order chi connectivity index (χ1) is 8.99. The molecule has 0 radical (unpaired) electrons. The van der Waals surface area contributed by atoms with Crippen LogP contribution in [0.5, 0.6) is 0 Å². The van der Waals surface area contributed by atoms with Gasteiger partial charge < -0.3 is 14.7 Å². The molecular formula is C12H14N2O5. The summed E-state index contributed by atoms with van der Waals surface area (Å²) in [6.07, 6.45) is 2.58. The highest BCUT2D eigenvalue weighted by Crippen LogP contribution is 1.96. The van der Waals surface area contributed by atoms with Crippen LogP contribution >= 0.6 is 0 Å². The maximum Gasteiger partial charge on any atom is 0.331 e. The highest BCUT2D eigenvalue weighted by molar-refractivity contribution is 5.85. The molecule has 0 bridgehead atoms. The van der Waals surface area contributed by atoms with Crippen molar-refractivity contribution < 1.29 is 24.2 Å². The van der Waals surface area contributed by atoms with Crippen LogP contribution in [0.3, 0.4) is 0 Å². The minimum atomic E-state index is -1.05. The molecule has 0 saturated heterocycles. The number of ether oxygens (including phenoxy) is 1.